The molecule has 1 heterocycles. The Bertz CT molecular complexity index is 217. The van der Waals surface area contributed by atoms with Crippen molar-refractivity contribution >= 4 is 6.03 Å². The minimum absolute atomic E-state index is 0.661. The van der Waals surface area contributed by atoms with Crippen LogP contribution in [0.1, 0.15) is 0 Å². The monoisotopic (exact) mass is 238 g/mol. The van der Waals surface area contributed by atoms with Crippen molar-refractivity contribution in [3.05, 3.63) is 0 Å². The van der Waals surface area contributed by atoms with Crippen LogP contribution in [-0.4, -0.2) is 75.8 Å². The number of rotatable bonds is 6. The van der Waals surface area contributed by atoms with E-state index in [4.69, 9.17) is 29.9 Å². The highest BCUT2D eigenvalue weighted by molar-refractivity contribution is 5.77. The Balaban J connectivity index is 2.85. The molecule has 1 fully saturated rings. The summed E-state index contributed by atoms with van der Waals surface area (Å²) < 4.78 is 9.57. The first-order valence-corrected chi connectivity index (χ1v) is 4.45. The minimum Gasteiger partial charge on any atom is -0.376 e. The van der Waals surface area contributed by atoms with Gasteiger partial charge in [0.15, 0.2) is 12.5 Å². The van der Waals surface area contributed by atoms with E-state index in [1.807, 2.05) is 0 Å². The fourth-order valence-corrected chi connectivity index (χ4v) is 1.47. The van der Waals surface area contributed by atoms with Crippen molar-refractivity contribution in [2.24, 2.45) is 0 Å². The van der Waals surface area contributed by atoms with Gasteiger partial charge in [-0.3, -0.25) is 9.80 Å². The highest BCUT2D eigenvalue weighted by Crippen LogP contribution is 2.23. The Labute approximate surface area is 91.0 Å². The summed E-state index contributed by atoms with van der Waals surface area (Å²) in [5.41, 5.74) is 0. The van der Waals surface area contributed by atoms with Crippen molar-refractivity contribution in [3.8, 4) is 0 Å². The zero-order valence-corrected chi connectivity index (χ0v) is 8.39. The third kappa shape index (κ3) is 2.24. The molecule has 0 radical (unpaired) electrons. The summed E-state index contributed by atoms with van der Waals surface area (Å²) in [7, 11) is 0. The van der Waals surface area contributed by atoms with E-state index in [1.165, 1.54) is 0 Å². The molecular weight excluding hydrogens is 224 g/mol. The van der Waals surface area contributed by atoms with Gasteiger partial charge in [-0.05, 0) is 0 Å². The van der Waals surface area contributed by atoms with Gasteiger partial charge in [0.1, 0.15) is 27.0 Å². The molecule has 94 valence electrons. The van der Waals surface area contributed by atoms with Crippen molar-refractivity contribution in [2.45, 2.75) is 12.5 Å². The second kappa shape index (κ2) is 5.94. The first kappa shape index (κ1) is 13.1. The number of nitrogens with zero attached hydrogens (tertiary/aromatic N) is 2. The maximum Gasteiger partial charge on any atom is 0.328 e. The van der Waals surface area contributed by atoms with E-state index >= 15 is 0 Å². The Kier molecular flexibility index (Phi) is 4.86. The molecule has 2 unspecified atom stereocenters. The molecule has 0 aromatic heterocycles. The number of aliphatic hydroxyl groups excluding tert-OH is 4. The third-order valence-corrected chi connectivity index (χ3v) is 2.15. The zero-order chi connectivity index (χ0) is 12.1. The molecule has 1 aliphatic heterocycles. The fraction of sp³-hybridized carbons (Fsp3) is 0.857. The van der Waals surface area contributed by atoms with Gasteiger partial charge in [-0.25, -0.2) is 4.79 Å². The molecule has 1 aliphatic rings. The van der Waals surface area contributed by atoms with Crippen molar-refractivity contribution in [1.29, 1.82) is 0 Å². The zero-order valence-electron chi connectivity index (χ0n) is 8.39. The summed E-state index contributed by atoms with van der Waals surface area (Å²) in [5, 5.41) is 35.2. The topological polar surface area (TPSA) is 123 Å². The van der Waals surface area contributed by atoms with Crippen LogP contribution in [0.4, 0.5) is 4.79 Å². The van der Waals surface area contributed by atoms with Crippen LogP contribution < -0.4 is 0 Å². The molecule has 0 spiro atoms. The fourth-order valence-electron chi connectivity index (χ4n) is 1.47. The van der Waals surface area contributed by atoms with E-state index in [9.17, 15) is 4.79 Å². The number of carbonyl (C=O) groups excluding carboxylic acids is 1. The predicted octanol–water partition coefficient (Wildman–Crippen LogP) is -2.79. The molecule has 9 nitrogen and oxygen atoms in total. The maximum absolute atomic E-state index is 11.5. The van der Waals surface area contributed by atoms with Crippen molar-refractivity contribution in [3.63, 3.8) is 0 Å². The van der Waals surface area contributed by atoms with Gasteiger partial charge >= 0.3 is 6.03 Å². The van der Waals surface area contributed by atoms with E-state index in [1.54, 1.807) is 0 Å². The van der Waals surface area contributed by atoms with E-state index in [0.717, 1.165) is 9.80 Å². The van der Waals surface area contributed by atoms with Gasteiger partial charge < -0.3 is 29.9 Å². The first-order chi connectivity index (χ1) is 7.71. The number of amides is 2. The number of ether oxygens (including phenoxy) is 2. The van der Waals surface area contributed by atoms with Crippen LogP contribution in [0.5, 0.6) is 0 Å². The Hall–Kier alpha value is -0.970. The molecule has 0 aliphatic carbocycles. The van der Waals surface area contributed by atoms with Crippen molar-refractivity contribution < 1.29 is 34.7 Å². The average Bonchev–Trinajstić information content (AvgIpc) is 2.52. The highest BCUT2D eigenvalue weighted by atomic mass is 16.7. The van der Waals surface area contributed by atoms with E-state index in [2.05, 4.69) is 0 Å². The number of hydrogen-bond acceptors (Lipinski definition) is 7. The molecule has 1 rings (SSSR count). The lowest BCUT2D eigenvalue weighted by molar-refractivity contribution is -0.200. The van der Waals surface area contributed by atoms with Gasteiger partial charge in [0.2, 0.25) is 0 Å². The summed E-state index contributed by atoms with van der Waals surface area (Å²) in [6.07, 6.45) is -2.19. The van der Waals surface area contributed by atoms with Gasteiger partial charge in [0.05, 0.1) is 0 Å². The Morgan fingerprint density at radius 1 is 0.938 bits per heavy atom. The van der Waals surface area contributed by atoms with Gasteiger partial charge in [0, 0.05) is 0 Å². The average molecular weight is 238 g/mol. The second-order valence-electron chi connectivity index (χ2n) is 2.88. The standard InChI is InChI=1S/C7H14N2O7/c10-1-8-5(15-3-12)6(16-4-13)9(2-11)7(8)14/h5-6,10-13H,1-4H2. The van der Waals surface area contributed by atoms with Gasteiger partial charge in [-0.1, -0.05) is 0 Å². The van der Waals surface area contributed by atoms with Crippen LogP contribution >= 0.6 is 0 Å². The predicted molar refractivity (Wildman–Crippen MR) is 47.2 cm³/mol. The van der Waals surface area contributed by atoms with E-state index in [-0.39, 0.29) is 0 Å². The largest absolute Gasteiger partial charge is 0.376 e. The van der Waals surface area contributed by atoms with Gasteiger partial charge in [-0.15, -0.1) is 0 Å². The molecule has 0 saturated carbocycles. The SMILES string of the molecule is O=C1N(CO)C(OCO)C(OCO)N1CO. The van der Waals surface area contributed by atoms with Crippen LogP contribution in [-0.2, 0) is 9.47 Å². The molecule has 4 N–H and O–H groups in total. The molecule has 2 atom stereocenters. The van der Waals surface area contributed by atoms with Crippen LogP contribution in [0.25, 0.3) is 0 Å². The molecule has 1 saturated heterocycles. The van der Waals surface area contributed by atoms with Crippen LogP contribution in [0.2, 0.25) is 0 Å². The minimum atomic E-state index is -1.10. The molecular formula is C7H14N2O7. The lowest BCUT2D eigenvalue weighted by Gasteiger charge is -2.24. The maximum atomic E-state index is 11.5. The lowest BCUT2D eigenvalue weighted by Crippen LogP contribution is -2.42. The molecule has 0 aromatic rings. The van der Waals surface area contributed by atoms with Crippen LogP contribution in [0.3, 0.4) is 0 Å². The summed E-state index contributed by atoms with van der Waals surface area (Å²) in [6, 6.07) is -0.720. The van der Waals surface area contributed by atoms with Crippen molar-refractivity contribution in [1.82, 2.24) is 9.80 Å². The number of hydrogen-bond donors (Lipinski definition) is 4. The molecule has 2 amide bonds. The Morgan fingerprint density at radius 2 is 1.31 bits per heavy atom. The lowest BCUT2D eigenvalue weighted by atomic mass is 10.5. The summed E-state index contributed by atoms with van der Waals surface area (Å²) in [6.45, 7) is -2.71. The number of carbonyl (C=O) groups is 1. The summed E-state index contributed by atoms with van der Waals surface area (Å²) >= 11 is 0. The number of aliphatic hydroxyl groups is 4. The van der Waals surface area contributed by atoms with E-state index < -0.39 is 45.5 Å². The quantitative estimate of drug-likeness (QED) is 0.369. The number of urea groups is 1. The summed E-state index contributed by atoms with van der Waals surface area (Å²) in [4.78, 5) is 13.2. The molecule has 16 heavy (non-hydrogen) atoms. The van der Waals surface area contributed by atoms with Crippen LogP contribution in [0, 0.1) is 0 Å². The normalized spacial score (nSPS) is 25.6. The van der Waals surface area contributed by atoms with E-state index in [0.29, 0.717) is 0 Å². The first-order valence-electron chi connectivity index (χ1n) is 4.45. The highest BCUT2D eigenvalue weighted by Gasteiger charge is 2.47. The summed E-state index contributed by atoms with van der Waals surface area (Å²) in [5.74, 6) is 0. The molecule has 0 aromatic carbocycles. The van der Waals surface area contributed by atoms with Gasteiger partial charge in [0.25, 0.3) is 0 Å². The molecule has 0 bridgehead atoms. The van der Waals surface area contributed by atoms with Crippen molar-refractivity contribution in [2.75, 3.05) is 27.0 Å². The molecule has 9 heteroatoms. The van der Waals surface area contributed by atoms with Gasteiger partial charge in [-0.2, -0.15) is 0 Å². The Morgan fingerprint density at radius 3 is 1.56 bits per heavy atom. The van der Waals surface area contributed by atoms with Crippen LogP contribution in [0.15, 0.2) is 0 Å². The smallest absolute Gasteiger partial charge is 0.328 e. The second-order valence-corrected chi connectivity index (χ2v) is 2.88. The third-order valence-electron chi connectivity index (χ3n) is 2.15.